The Balaban J connectivity index is 2.53. The van der Waals surface area contributed by atoms with Crippen molar-refractivity contribution in [3.05, 3.63) is 123 Å². The van der Waals surface area contributed by atoms with Crippen LogP contribution in [0.5, 0.6) is 17.2 Å². The zero-order valence-electron chi connectivity index (χ0n) is 32.9. The fraction of sp³-hybridized carbons (Fsp3) is 0.478. The molecule has 3 rings (SSSR count). The Labute approximate surface area is 298 Å². The van der Waals surface area contributed by atoms with Gasteiger partial charge in [0.05, 0.1) is 0 Å². The molecular formula is C46H64O3. The summed E-state index contributed by atoms with van der Waals surface area (Å²) in [6.45, 7) is 40.1. The van der Waals surface area contributed by atoms with E-state index in [1.54, 1.807) is 0 Å². The number of hydrogen-bond donors (Lipinski definition) is 3. The molecule has 49 heavy (non-hydrogen) atoms. The maximum atomic E-state index is 11.7. The number of hydrogen-bond acceptors (Lipinski definition) is 3. The van der Waals surface area contributed by atoms with Gasteiger partial charge in [0.15, 0.2) is 0 Å². The SMILES string of the molecule is C=CCc1c(C)c(C(C)CC(c2cc(C(C)(C)C)c(O)c(CC=C)c2C)c2cc(C(C)(C)C)c(O)c(CC=C)c2C)cc(C(C)(C)C)c1O. The summed E-state index contributed by atoms with van der Waals surface area (Å²) in [6, 6.07) is 6.69. The van der Waals surface area contributed by atoms with E-state index in [1.165, 1.54) is 16.7 Å². The summed E-state index contributed by atoms with van der Waals surface area (Å²) in [5, 5.41) is 34.8. The van der Waals surface area contributed by atoms with Crippen LogP contribution in [0, 0.1) is 20.8 Å². The quantitative estimate of drug-likeness (QED) is 0.179. The van der Waals surface area contributed by atoms with Crippen molar-refractivity contribution in [3.63, 3.8) is 0 Å². The first kappa shape index (κ1) is 39.7. The Morgan fingerprint density at radius 3 is 1.06 bits per heavy atom. The topological polar surface area (TPSA) is 60.7 Å². The Morgan fingerprint density at radius 1 is 0.531 bits per heavy atom. The fourth-order valence-corrected chi connectivity index (χ4v) is 7.57. The molecule has 0 saturated heterocycles. The first-order valence-corrected chi connectivity index (χ1v) is 17.9. The lowest BCUT2D eigenvalue weighted by molar-refractivity contribution is 0.439. The van der Waals surface area contributed by atoms with Gasteiger partial charge in [-0.15, -0.1) is 19.7 Å². The van der Waals surface area contributed by atoms with Gasteiger partial charge in [-0.05, 0) is 119 Å². The van der Waals surface area contributed by atoms with Gasteiger partial charge in [0.2, 0.25) is 0 Å². The second-order valence-electron chi connectivity index (χ2n) is 17.3. The smallest absolute Gasteiger partial charge is 0.123 e. The molecule has 0 heterocycles. The number of phenols is 3. The highest BCUT2D eigenvalue weighted by Gasteiger charge is 2.33. The molecule has 266 valence electrons. The van der Waals surface area contributed by atoms with E-state index in [-0.39, 0.29) is 28.1 Å². The molecule has 3 N–H and O–H groups in total. The molecule has 1 unspecified atom stereocenters. The van der Waals surface area contributed by atoms with Gasteiger partial charge < -0.3 is 15.3 Å². The highest BCUT2D eigenvalue weighted by molar-refractivity contribution is 5.60. The largest absolute Gasteiger partial charge is 0.507 e. The molecule has 0 fully saturated rings. The highest BCUT2D eigenvalue weighted by Crippen LogP contribution is 2.48. The Hall–Kier alpha value is -3.72. The average Bonchev–Trinajstić information content (AvgIpc) is 2.97. The molecule has 0 saturated carbocycles. The van der Waals surface area contributed by atoms with E-state index >= 15 is 0 Å². The summed E-state index contributed by atoms with van der Waals surface area (Å²) in [4.78, 5) is 0. The summed E-state index contributed by atoms with van der Waals surface area (Å²) < 4.78 is 0. The van der Waals surface area contributed by atoms with Crippen molar-refractivity contribution < 1.29 is 15.3 Å². The molecule has 0 aliphatic rings. The first-order valence-electron chi connectivity index (χ1n) is 17.9. The molecule has 0 bridgehead atoms. The van der Waals surface area contributed by atoms with Gasteiger partial charge >= 0.3 is 0 Å². The Kier molecular flexibility index (Phi) is 11.9. The van der Waals surface area contributed by atoms with E-state index in [1.807, 2.05) is 18.2 Å². The third-order valence-electron chi connectivity index (χ3n) is 10.5. The van der Waals surface area contributed by atoms with Gasteiger partial charge in [-0.3, -0.25) is 0 Å². The average molecular weight is 665 g/mol. The molecule has 3 heteroatoms. The number of benzene rings is 3. The van der Waals surface area contributed by atoms with Crippen LogP contribution in [0.25, 0.3) is 0 Å². The van der Waals surface area contributed by atoms with Crippen molar-refractivity contribution in [2.24, 2.45) is 0 Å². The van der Waals surface area contributed by atoms with Gasteiger partial charge in [0.1, 0.15) is 17.2 Å². The van der Waals surface area contributed by atoms with Crippen LogP contribution in [-0.4, -0.2) is 15.3 Å². The van der Waals surface area contributed by atoms with Gasteiger partial charge in [-0.1, -0.05) is 106 Å². The van der Waals surface area contributed by atoms with Crippen LogP contribution in [0.2, 0.25) is 0 Å². The summed E-state index contributed by atoms with van der Waals surface area (Å²) in [5.41, 5.74) is 11.6. The lowest BCUT2D eigenvalue weighted by Crippen LogP contribution is -2.19. The molecule has 3 aromatic carbocycles. The lowest BCUT2D eigenvalue weighted by Gasteiger charge is -2.33. The van der Waals surface area contributed by atoms with Crippen LogP contribution in [0.3, 0.4) is 0 Å². The zero-order valence-corrected chi connectivity index (χ0v) is 32.9. The molecule has 0 radical (unpaired) electrons. The highest BCUT2D eigenvalue weighted by atomic mass is 16.3. The predicted molar refractivity (Wildman–Crippen MR) is 211 cm³/mol. The van der Waals surface area contributed by atoms with Gasteiger partial charge in [-0.2, -0.15) is 0 Å². The van der Waals surface area contributed by atoms with Gasteiger partial charge in [0.25, 0.3) is 0 Å². The molecule has 0 aliphatic heterocycles. The normalized spacial score (nSPS) is 13.1. The van der Waals surface area contributed by atoms with E-state index in [9.17, 15) is 15.3 Å². The van der Waals surface area contributed by atoms with Crippen LogP contribution in [-0.2, 0) is 35.5 Å². The van der Waals surface area contributed by atoms with Crippen molar-refractivity contribution in [2.75, 3.05) is 0 Å². The third-order valence-corrected chi connectivity index (χ3v) is 10.5. The molecule has 0 aliphatic carbocycles. The molecule has 3 nitrogen and oxygen atoms in total. The van der Waals surface area contributed by atoms with E-state index in [0.29, 0.717) is 36.5 Å². The second kappa shape index (κ2) is 14.6. The van der Waals surface area contributed by atoms with E-state index in [0.717, 1.165) is 56.5 Å². The van der Waals surface area contributed by atoms with Crippen molar-refractivity contribution in [2.45, 2.75) is 144 Å². The fourth-order valence-electron chi connectivity index (χ4n) is 7.57. The van der Waals surface area contributed by atoms with Crippen LogP contribution >= 0.6 is 0 Å². The van der Waals surface area contributed by atoms with Crippen LogP contribution < -0.4 is 0 Å². The van der Waals surface area contributed by atoms with Crippen molar-refractivity contribution in [1.82, 2.24) is 0 Å². The van der Waals surface area contributed by atoms with E-state index in [2.05, 4.69) is 128 Å². The van der Waals surface area contributed by atoms with Gasteiger partial charge in [0, 0.05) is 22.6 Å². The van der Waals surface area contributed by atoms with E-state index < -0.39 is 0 Å². The number of phenolic OH excluding ortho intramolecular Hbond substituents is 3. The number of allylic oxidation sites excluding steroid dienone is 3. The third kappa shape index (κ3) is 8.03. The van der Waals surface area contributed by atoms with Crippen molar-refractivity contribution >= 4 is 0 Å². The summed E-state index contributed by atoms with van der Waals surface area (Å²) in [5.74, 6) is 1.12. The minimum absolute atomic E-state index is 0.0559. The zero-order chi connectivity index (χ0) is 37.4. The molecule has 3 aromatic rings. The number of aromatic hydroxyl groups is 3. The monoisotopic (exact) mass is 664 g/mol. The molecule has 0 aromatic heterocycles. The minimum Gasteiger partial charge on any atom is -0.507 e. The lowest BCUT2D eigenvalue weighted by atomic mass is 9.71. The molecule has 0 amide bonds. The Bertz CT molecular complexity index is 1650. The van der Waals surface area contributed by atoms with Crippen molar-refractivity contribution in [3.8, 4) is 17.2 Å². The van der Waals surface area contributed by atoms with Crippen LogP contribution in [0.1, 0.15) is 154 Å². The second-order valence-corrected chi connectivity index (χ2v) is 17.3. The van der Waals surface area contributed by atoms with Gasteiger partial charge in [-0.25, -0.2) is 0 Å². The maximum absolute atomic E-state index is 11.7. The van der Waals surface area contributed by atoms with E-state index in [4.69, 9.17) is 0 Å². The summed E-state index contributed by atoms with van der Waals surface area (Å²) in [7, 11) is 0. The predicted octanol–water partition coefficient (Wildman–Crippen LogP) is 12.1. The minimum atomic E-state index is -0.290. The standard InChI is InChI=1S/C46H64O3/c1-17-20-31-28(5)34(24-38(41(31)47)44(8,9)10)27(4)23-37(35-25-39(45(11,12)13)42(48)32(21-18-2)29(35)6)36-26-40(46(14,15)16)43(49)33(22-19-3)30(36)7/h17-19,24-27,37,47-49H,1-3,20-23H2,4-16H3. The summed E-state index contributed by atoms with van der Waals surface area (Å²) >= 11 is 0. The Morgan fingerprint density at radius 2 is 0.796 bits per heavy atom. The number of rotatable bonds is 11. The molecular weight excluding hydrogens is 601 g/mol. The maximum Gasteiger partial charge on any atom is 0.123 e. The van der Waals surface area contributed by atoms with Crippen LogP contribution in [0.15, 0.2) is 56.2 Å². The van der Waals surface area contributed by atoms with Crippen molar-refractivity contribution in [1.29, 1.82) is 0 Å². The summed E-state index contributed by atoms with van der Waals surface area (Å²) in [6.07, 6.45) is 8.13. The molecule has 1 atom stereocenters. The van der Waals surface area contributed by atoms with Crippen LogP contribution in [0.4, 0.5) is 0 Å². The molecule has 0 spiro atoms. The first-order chi connectivity index (χ1) is 22.5.